The molecule has 0 aliphatic heterocycles. The molecule has 0 aromatic heterocycles. The highest BCUT2D eigenvalue weighted by molar-refractivity contribution is 7.47. The lowest BCUT2D eigenvalue weighted by molar-refractivity contribution is -0.161. The highest BCUT2D eigenvalue weighted by Gasteiger charge is 2.26. The number of phosphoric acid groups is 1. The highest BCUT2D eigenvalue weighted by atomic mass is 31.2. The SMILES string of the molecule is CCCCCCCCC=CCCCCCCCC(=O)OCC(COP(=O)(O)OCCNC(=O)CCCCCCCCCCC(=O)O)OC(=O)CCCCCCCC=CCCCCCCCC. The first-order valence-electron chi connectivity index (χ1n) is 26.8. The number of aliphatic carboxylic acids is 1. The van der Waals surface area contributed by atoms with Gasteiger partial charge in [-0.1, -0.05) is 179 Å². The summed E-state index contributed by atoms with van der Waals surface area (Å²) in [7, 11) is -4.57. The van der Waals surface area contributed by atoms with Crippen molar-refractivity contribution in [3.8, 4) is 0 Å². The van der Waals surface area contributed by atoms with E-state index >= 15 is 0 Å². The largest absolute Gasteiger partial charge is 0.481 e. The topological polar surface area (TPSA) is 175 Å². The summed E-state index contributed by atoms with van der Waals surface area (Å²) in [5, 5.41) is 11.4. The van der Waals surface area contributed by atoms with Crippen molar-refractivity contribution < 1.29 is 52.3 Å². The number of carboxylic acids is 1. The lowest BCUT2D eigenvalue weighted by Gasteiger charge is -2.20. The summed E-state index contributed by atoms with van der Waals surface area (Å²) in [6.07, 6.45) is 46.4. The van der Waals surface area contributed by atoms with Gasteiger partial charge >= 0.3 is 25.7 Å². The van der Waals surface area contributed by atoms with Crippen molar-refractivity contribution in [3.63, 3.8) is 0 Å². The van der Waals surface area contributed by atoms with Crippen LogP contribution < -0.4 is 5.32 Å². The number of allylic oxidation sites excluding steroid dienone is 4. The van der Waals surface area contributed by atoms with E-state index in [1.165, 1.54) is 77.0 Å². The van der Waals surface area contributed by atoms with Gasteiger partial charge in [-0.2, -0.15) is 0 Å². The minimum Gasteiger partial charge on any atom is -0.481 e. The van der Waals surface area contributed by atoms with Gasteiger partial charge in [-0.15, -0.1) is 0 Å². The zero-order chi connectivity index (χ0) is 48.4. The molecule has 0 radical (unpaired) electrons. The molecule has 0 spiro atoms. The third-order valence-electron chi connectivity index (χ3n) is 11.7. The second-order valence-corrected chi connectivity index (χ2v) is 19.6. The molecule has 2 atom stereocenters. The van der Waals surface area contributed by atoms with Crippen molar-refractivity contribution in [1.82, 2.24) is 5.32 Å². The number of carboxylic acid groups (broad SMARTS) is 1. The van der Waals surface area contributed by atoms with Crippen LogP contribution in [0.25, 0.3) is 0 Å². The molecule has 2 unspecified atom stereocenters. The number of nitrogens with one attached hydrogen (secondary N) is 1. The van der Waals surface area contributed by atoms with E-state index in [0.717, 1.165) is 122 Å². The first-order valence-corrected chi connectivity index (χ1v) is 28.3. The van der Waals surface area contributed by atoms with Gasteiger partial charge < -0.3 is 24.8 Å². The standard InChI is InChI=1S/C53H98NO11P/c1-3-5-7-9-11-13-15-17-19-21-23-25-31-35-39-43-52(58)62-47-49(65-53(59)44-40-36-32-26-24-22-20-18-16-14-12-10-8-6-4-2)48-64-66(60,61)63-46-45-54-50(55)41-37-33-29-27-28-30-34-38-42-51(56)57/h17-20,49H,3-16,21-48H2,1-2H3,(H,54,55)(H,56,57)(H,60,61). The van der Waals surface area contributed by atoms with Gasteiger partial charge in [0.05, 0.1) is 13.2 Å². The fourth-order valence-corrected chi connectivity index (χ4v) is 8.33. The van der Waals surface area contributed by atoms with Gasteiger partial charge in [0.1, 0.15) is 6.61 Å². The van der Waals surface area contributed by atoms with Crippen LogP contribution in [0.5, 0.6) is 0 Å². The van der Waals surface area contributed by atoms with Crippen molar-refractivity contribution in [3.05, 3.63) is 24.3 Å². The molecule has 0 saturated heterocycles. The van der Waals surface area contributed by atoms with E-state index in [4.69, 9.17) is 23.6 Å². The minimum atomic E-state index is -4.57. The molecule has 0 saturated carbocycles. The summed E-state index contributed by atoms with van der Waals surface area (Å²) in [4.78, 5) is 58.5. The van der Waals surface area contributed by atoms with E-state index in [0.29, 0.717) is 25.7 Å². The quantitative estimate of drug-likeness (QED) is 0.0229. The summed E-state index contributed by atoms with van der Waals surface area (Å²) in [6.45, 7) is 3.45. The average Bonchev–Trinajstić information content (AvgIpc) is 3.29. The van der Waals surface area contributed by atoms with Crippen LogP contribution in [0, 0.1) is 0 Å². The van der Waals surface area contributed by atoms with Crippen molar-refractivity contribution >= 4 is 31.6 Å². The Morgan fingerprint density at radius 1 is 0.485 bits per heavy atom. The number of esters is 2. The van der Waals surface area contributed by atoms with E-state index in [9.17, 15) is 28.6 Å². The first-order chi connectivity index (χ1) is 32.1. The fraction of sp³-hybridized carbons (Fsp3) is 0.849. The van der Waals surface area contributed by atoms with Gasteiger partial charge in [-0.05, 0) is 77.0 Å². The Labute approximate surface area is 402 Å². The van der Waals surface area contributed by atoms with Crippen LogP contribution in [0.3, 0.4) is 0 Å². The Morgan fingerprint density at radius 3 is 1.30 bits per heavy atom. The first kappa shape index (κ1) is 63.5. The molecule has 13 heteroatoms. The maximum Gasteiger partial charge on any atom is 0.472 e. The van der Waals surface area contributed by atoms with Crippen LogP contribution in [0.1, 0.15) is 258 Å². The second-order valence-electron chi connectivity index (χ2n) is 18.1. The van der Waals surface area contributed by atoms with Crippen LogP contribution in [0.4, 0.5) is 0 Å². The minimum absolute atomic E-state index is 0.0193. The summed E-state index contributed by atoms with van der Waals surface area (Å²) in [5.41, 5.74) is 0. The third-order valence-corrected chi connectivity index (χ3v) is 12.6. The van der Waals surface area contributed by atoms with Crippen molar-refractivity contribution in [1.29, 1.82) is 0 Å². The molecule has 0 heterocycles. The molecular formula is C53H98NO11P. The lowest BCUT2D eigenvalue weighted by atomic mass is 10.1. The maximum atomic E-state index is 12.8. The van der Waals surface area contributed by atoms with Gasteiger partial charge in [0.25, 0.3) is 0 Å². The summed E-state index contributed by atoms with van der Waals surface area (Å²) in [6, 6.07) is 0. The molecule has 0 fully saturated rings. The highest BCUT2D eigenvalue weighted by Crippen LogP contribution is 2.43. The molecule has 66 heavy (non-hydrogen) atoms. The molecule has 12 nitrogen and oxygen atoms in total. The summed E-state index contributed by atoms with van der Waals surface area (Å²) >= 11 is 0. The van der Waals surface area contributed by atoms with Crippen molar-refractivity contribution in [2.75, 3.05) is 26.4 Å². The number of phosphoric ester groups is 1. The van der Waals surface area contributed by atoms with E-state index in [1.54, 1.807) is 0 Å². The van der Waals surface area contributed by atoms with Crippen molar-refractivity contribution in [2.24, 2.45) is 0 Å². The number of carbonyl (C=O) groups excluding carboxylic acids is 3. The lowest BCUT2D eigenvalue weighted by Crippen LogP contribution is -2.30. The summed E-state index contributed by atoms with van der Waals surface area (Å²) in [5.74, 6) is -1.84. The number of hydrogen-bond donors (Lipinski definition) is 3. The Hall–Kier alpha value is -2.53. The predicted molar refractivity (Wildman–Crippen MR) is 268 cm³/mol. The van der Waals surface area contributed by atoms with Gasteiger partial charge in [-0.25, -0.2) is 4.57 Å². The molecular weight excluding hydrogens is 858 g/mol. The Balaban J connectivity index is 4.56. The van der Waals surface area contributed by atoms with Crippen molar-refractivity contribution in [2.45, 2.75) is 264 Å². The molecule has 0 rings (SSSR count). The van der Waals surface area contributed by atoms with Crippen LogP contribution in [-0.4, -0.2) is 66.3 Å². The fourth-order valence-electron chi connectivity index (χ4n) is 7.58. The number of rotatable bonds is 51. The second kappa shape index (κ2) is 48.9. The molecule has 3 N–H and O–H groups in total. The van der Waals surface area contributed by atoms with E-state index < -0.39 is 38.4 Å². The van der Waals surface area contributed by atoms with E-state index in [-0.39, 0.29) is 44.9 Å². The Morgan fingerprint density at radius 2 is 0.864 bits per heavy atom. The van der Waals surface area contributed by atoms with Crippen LogP contribution in [-0.2, 0) is 42.3 Å². The molecule has 0 bridgehead atoms. The molecule has 0 aromatic carbocycles. The molecule has 386 valence electrons. The molecule has 0 aliphatic rings. The molecule has 1 amide bonds. The third kappa shape index (κ3) is 49.4. The van der Waals surface area contributed by atoms with Gasteiger partial charge in [-0.3, -0.25) is 28.2 Å². The van der Waals surface area contributed by atoms with Gasteiger partial charge in [0, 0.05) is 32.2 Å². The average molecular weight is 956 g/mol. The number of amides is 1. The maximum absolute atomic E-state index is 12.8. The normalized spacial score (nSPS) is 13.0. The van der Waals surface area contributed by atoms with E-state index in [1.807, 2.05) is 0 Å². The van der Waals surface area contributed by atoms with Crippen LogP contribution in [0.15, 0.2) is 24.3 Å². The number of unbranched alkanes of at least 4 members (excludes halogenated alkanes) is 29. The number of ether oxygens (including phenoxy) is 2. The zero-order valence-corrected chi connectivity index (χ0v) is 43.0. The smallest absolute Gasteiger partial charge is 0.472 e. The van der Waals surface area contributed by atoms with E-state index in [2.05, 4.69) is 43.5 Å². The number of hydrogen-bond acceptors (Lipinski definition) is 9. The zero-order valence-electron chi connectivity index (χ0n) is 42.1. The Bertz CT molecular complexity index is 1260. The van der Waals surface area contributed by atoms with Gasteiger partial charge in [0.15, 0.2) is 6.10 Å². The predicted octanol–water partition coefficient (Wildman–Crippen LogP) is 14.8. The molecule has 0 aromatic rings. The number of carbonyl (C=O) groups is 4. The Kier molecular flexibility index (Phi) is 47.0. The summed E-state index contributed by atoms with van der Waals surface area (Å²) < 4.78 is 33.9. The van der Waals surface area contributed by atoms with Crippen LogP contribution >= 0.6 is 7.82 Å². The monoisotopic (exact) mass is 956 g/mol. The molecule has 0 aliphatic carbocycles. The van der Waals surface area contributed by atoms with Gasteiger partial charge in [0.2, 0.25) is 5.91 Å². The van der Waals surface area contributed by atoms with Crippen LogP contribution in [0.2, 0.25) is 0 Å².